The fraction of sp³-hybridized carbons (Fsp3) is 0.462. The highest BCUT2D eigenvalue weighted by Gasteiger charge is 2.02. The maximum Gasteiger partial charge on any atom is 0.234 e. The summed E-state index contributed by atoms with van der Waals surface area (Å²) in [5, 5.41) is 0. The van der Waals surface area contributed by atoms with Crippen LogP contribution in [0, 0.1) is 5.92 Å². The highest BCUT2D eigenvalue weighted by molar-refractivity contribution is 5.32. The van der Waals surface area contributed by atoms with E-state index in [4.69, 9.17) is 0 Å². The minimum absolute atomic E-state index is 0.614. The minimum atomic E-state index is 0.614. The van der Waals surface area contributed by atoms with Gasteiger partial charge in [-0.2, -0.15) is 0 Å². The van der Waals surface area contributed by atoms with Gasteiger partial charge in [0.25, 0.3) is 0 Å². The Morgan fingerprint density at radius 2 is 2.07 bits per heavy atom. The summed E-state index contributed by atoms with van der Waals surface area (Å²) in [6.45, 7) is 2.85. The van der Waals surface area contributed by atoms with Gasteiger partial charge in [-0.25, -0.2) is 9.79 Å². The van der Waals surface area contributed by atoms with Crippen LogP contribution < -0.4 is 0 Å². The first kappa shape index (κ1) is 11.7. The predicted octanol–water partition coefficient (Wildman–Crippen LogP) is 2.98. The third-order valence-corrected chi connectivity index (χ3v) is 2.46. The van der Waals surface area contributed by atoms with Gasteiger partial charge in [0.2, 0.25) is 6.08 Å². The number of aliphatic imine (C=N–C) groups is 1. The van der Waals surface area contributed by atoms with E-state index in [9.17, 15) is 4.79 Å². The van der Waals surface area contributed by atoms with Crippen molar-refractivity contribution in [3.8, 4) is 0 Å². The molecule has 0 aliphatic rings. The number of rotatable bonds is 6. The van der Waals surface area contributed by atoms with Crippen LogP contribution >= 0.6 is 0 Å². The first-order valence-electron chi connectivity index (χ1n) is 5.40. The second-order valence-corrected chi connectivity index (χ2v) is 3.91. The van der Waals surface area contributed by atoms with Crippen LogP contribution in [0.5, 0.6) is 0 Å². The minimum Gasteiger partial charge on any atom is -0.211 e. The SMILES string of the molecule is C[C@H](CCCN=C=O)Cc1ccccc1. The number of hydrogen-bond donors (Lipinski definition) is 0. The number of isocyanates is 1. The molecule has 2 nitrogen and oxygen atoms in total. The van der Waals surface area contributed by atoms with Gasteiger partial charge in [0, 0.05) is 0 Å². The van der Waals surface area contributed by atoms with Gasteiger partial charge in [0.1, 0.15) is 0 Å². The molecule has 0 fully saturated rings. The van der Waals surface area contributed by atoms with Gasteiger partial charge in [-0.1, -0.05) is 37.3 Å². The van der Waals surface area contributed by atoms with E-state index in [-0.39, 0.29) is 0 Å². The van der Waals surface area contributed by atoms with Crippen LogP contribution in [-0.2, 0) is 11.2 Å². The van der Waals surface area contributed by atoms with E-state index < -0.39 is 0 Å². The Hall–Kier alpha value is -1.40. The summed E-state index contributed by atoms with van der Waals surface area (Å²) in [7, 11) is 0. The largest absolute Gasteiger partial charge is 0.234 e. The highest BCUT2D eigenvalue weighted by Crippen LogP contribution is 2.13. The van der Waals surface area contributed by atoms with Crippen LogP contribution in [0.25, 0.3) is 0 Å². The van der Waals surface area contributed by atoms with Crippen LogP contribution in [0.15, 0.2) is 35.3 Å². The van der Waals surface area contributed by atoms with Crippen molar-refractivity contribution >= 4 is 6.08 Å². The second kappa shape index (κ2) is 6.97. The molecule has 0 aromatic heterocycles. The van der Waals surface area contributed by atoms with Gasteiger partial charge in [-0.3, -0.25) is 0 Å². The van der Waals surface area contributed by atoms with Crippen molar-refractivity contribution in [2.24, 2.45) is 10.9 Å². The molecule has 0 heterocycles. The fourth-order valence-corrected chi connectivity index (χ4v) is 1.68. The standard InChI is InChI=1S/C13H17NO/c1-12(6-5-9-14-11-15)10-13-7-3-2-4-8-13/h2-4,7-8,12H,5-6,9-10H2,1H3/t12-/m1/s1. The molecule has 80 valence electrons. The lowest BCUT2D eigenvalue weighted by Crippen LogP contribution is -2.00. The van der Waals surface area contributed by atoms with Crippen LogP contribution in [0.4, 0.5) is 0 Å². The molecule has 1 aromatic carbocycles. The monoisotopic (exact) mass is 203 g/mol. The van der Waals surface area contributed by atoms with Crippen LogP contribution in [0.3, 0.4) is 0 Å². The predicted molar refractivity (Wildman–Crippen MR) is 61.5 cm³/mol. The molecule has 0 aliphatic heterocycles. The van der Waals surface area contributed by atoms with Gasteiger partial charge >= 0.3 is 0 Å². The topological polar surface area (TPSA) is 29.4 Å². The lowest BCUT2D eigenvalue weighted by atomic mass is 9.97. The third-order valence-electron chi connectivity index (χ3n) is 2.46. The van der Waals surface area contributed by atoms with Crippen molar-refractivity contribution in [2.45, 2.75) is 26.2 Å². The molecule has 0 radical (unpaired) electrons. The zero-order valence-corrected chi connectivity index (χ0v) is 9.15. The molecule has 0 N–H and O–H groups in total. The number of benzene rings is 1. The summed E-state index contributed by atoms with van der Waals surface area (Å²) >= 11 is 0. The Morgan fingerprint density at radius 3 is 2.73 bits per heavy atom. The normalized spacial score (nSPS) is 11.8. The Balaban J connectivity index is 2.24. The van der Waals surface area contributed by atoms with E-state index in [2.05, 4.69) is 36.2 Å². The molecule has 0 saturated heterocycles. The quantitative estimate of drug-likeness (QED) is 0.397. The zero-order chi connectivity index (χ0) is 10.9. The second-order valence-electron chi connectivity index (χ2n) is 3.91. The lowest BCUT2D eigenvalue weighted by Gasteiger charge is -2.09. The van der Waals surface area contributed by atoms with Crippen molar-refractivity contribution in [1.29, 1.82) is 0 Å². The van der Waals surface area contributed by atoms with E-state index in [0.29, 0.717) is 12.5 Å². The van der Waals surface area contributed by atoms with Gasteiger partial charge < -0.3 is 0 Å². The molecular formula is C13H17NO. The van der Waals surface area contributed by atoms with Crippen LogP contribution in [0.2, 0.25) is 0 Å². The summed E-state index contributed by atoms with van der Waals surface area (Å²) < 4.78 is 0. The smallest absolute Gasteiger partial charge is 0.211 e. The third kappa shape index (κ3) is 5.14. The van der Waals surface area contributed by atoms with Crippen molar-refractivity contribution in [3.05, 3.63) is 35.9 Å². The van der Waals surface area contributed by atoms with E-state index in [1.165, 1.54) is 5.56 Å². The van der Waals surface area contributed by atoms with E-state index >= 15 is 0 Å². The molecule has 1 aromatic rings. The van der Waals surface area contributed by atoms with Crippen molar-refractivity contribution in [1.82, 2.24) is 0 Å². The lowest BCUT2D eigenvalue weighted by molar-refractivity contribution is 0.510. The highest BCUT2D eigenvalue weighted by atomic mass is 16.1. The molecule has 0 unspecified atom stereocenters. The van der Waals surface area contributed by atoms with Gasteiger partial charge in [-0.05, 0) is 30.7 Å². The molecule has 0 amide bonds. The zero-order valence-electron chi connectivity index (χ0n) is 9.15. The molecule has 0 saturated carbocycles. The van der Waals surface area contributed by atoms with Gasteiger partial charge in [0.15, 0.2) is 0 Å². The Morgan fingerprint density at radius 1 is 1.33 bits per heavy atom. The Kier molecular flexibility index (Phi) is 5.42. The van der Waals surface area contributed by atoms with Crippen LogP contribution in [0.1, 0.15) is 25.3 Å². The Bertz CT molecular complexity index is 315. The Labute approximate surface area is 91.0 Å². The van der Waals surface area contributed by atoms with Gasteiger partial charge in [-0.15, -0.1) is 0 Å². The fourth-order valence-electron chi connectivity index (χ4n) is 1.68. The van der Waals surface area contributed by atoms with Crippen molar-refractivity contribution in [3.63, 3.8) is 0 Å². The average Bonchev–Trinajstić information content (AvgIpc) is 2.26. The molecule has 1 atom stereocenters. The van der Waals surface area contributed by atoms with Gasteiger partial charge in [0.05, 0.1) is 6.54 Å². The first-order valence-corrected chi connectivity index (χ1v) is 5.40. The number of nitrogens with zero attached hydrogens (tertiary/aromatic N) is 1. The van der Waals surface area contributed by atoms with Crippen molar-refractivity contribution < 1.29 is 4.79 Å². The molecule has 0 bridgehead atoms. The van der Waals surface area contributed by atoms with Crippen LogP contribution in [-0.4, -0.2) is 12.6 Å². The average molecular weight is 203 g/mol. The summed E-state index contributed by atoms with van der Waals surface area (Å²) in [5.74, 6) is 0.647. The molecule has 0 spiro atoms. The summed E-state index contributed by atoms with van der Waals surface area (Å²) in [4.78, 5) is 13.4. The molecule has 15 heavy (non-hydrogen) atoms. The summed E-state index contributed by atoms with van der Waals surface area (Å²) in [5.41, 5.74) is 1.38. The van der Waals surface area contributed by atoms with Crippen molar-refractivity contribution in [2.75, 3.05) is 6.54 Å². The molecule has 2 heteroatoms. The maximum absolute atomic E-state index is 9.85. The van der Waals surface area contributed by atoms with E-state index in [1.807, 2.05) is 6.07 Å². The molecule has 1 rings (SSSR count). The number of hydrogen-bond acceptors (Lipinski definition) is 2. The summed E-state index contributed by atoms with van der Waals surface area (Å²) in [6, 6.07) is 10.5. The van der Waals surface area contributed by atoms with E-state index in [1.54, 1.807) is 6.08 Å². The molecule has 0 aliphatic carbocycles. The number of carbonyl (C=O) groups excluding carboxylic acids is 1. The van der Waals surface area contributed by atoms with E-state index in [0.717, 1.165) is 19.3 Å². The molecular weight excluding hydrogens is 186 g/mol. The first-order chi connectivity index (χ1) is 7.33. The summed E-state index contributed by atoms with van der Waals surface area (Å²) in [6.07, 6.45) is 4.76. The maximum atomic E-state index is 9.85.